The van der Waals surface area contributed by atoms with Crippen LogP contribution in [0.15, 0.2) is 58.5 Å². The average molecular weight is 292 g/mol. The summed E-state index contributed by atoms with van der Waals surface area (Å²) in [5, 5.41) is 0. The molecule has 2 aromatic rings. The zero-order chi connectivity index (χ0) is 16.1. The van der Waals surface area contributed by atoms with E-state index in [-0.39, 0.29) is 5.78 Å². The van der Waals surface area contributed by atoms with Crippen LogP contribution in [0, 0.1) is 0 Å². The van der Waals surface area contributed by atoms with E-state index in [1.165, 1.54) is 0 Å². The predicted molar refractivity (Wildman–Crippen MR) is 92.6 cm³/mol. The lowest BCUT2D eigenvalue weighted by molar-refractivity contribution is 0.103. The van der Waals surface area contributed by atoms with Gasteiger partial charge in [0.2, 0.25) is 0 Å². The van der Waals surface area contributed by atoms with Crippen LogP contribution in [0.25, 0.3) is 0 Å². The van der Waals surface area contributed by atoms with Gasteiger partial charge in [0.25, 0.3) is 0 Å². The smallest absolute Gasteiger partial charge is 0.193 e. The molecule has 0 heterocycles. The third-order valence-electron chi connectivity index (χ3n) is 3.80. The third kappa shape index (κ3) is 3.37. The summed E-state index contributed by atoms with van der Waals surface area (Å²) in [6.07, 6.45) is 0. The maximum atomic E-state index is 12.5. The fourth-order valence-corrected chi connectivity index (χ4v) is 2.15. The molecule has 0 saturated heterocycles. The number of benzene rings is 2. The van der Waals surface area contributed by atoms with E-state index in [4.69, 9.17) is 0 Å². The fourth-order valence-electron chi connectivity index (χ4n) is 2.15. The Morgan fingerprint density at radius 2 is 0.909 bits per heavy atom. The molecule has 0 amide bonds. The molecule has 0 aliphatic heterocycles. The molecule has 3 heteroatoms. The van der Waals surface area contributed by atoms with Crippen molar-refractivity contribution in [3.05, 3.63) is 70.8 Å². The lowest BCUT2D eigenvalue weighted by Gasteiger charge is -2.05. The summed E-state index contributed by atoms with van der Waals surface area (Å²) in [6, 6.07) is 15.1. The Kier molecular flexibility index (Phi) is 4.99. The molecule has 112 valence electrons. The van der Waals surface area contributed by atoms with Gasteiger partial charge in [-0.2, -0.15) is 0 Å². The van der Waals surface area contributed by atoms with Crippen molar-refractivity contribution >= 4 is 17.2 Å². The predicted octanol–water partition coefficient (Wildman–Crippen LogP) is 3.80. The van der Waals surface area contributed by atoms with Crippen molar-refractivity contribution in [2.75, 3.05) is 14.1 Å². The highest BCUT2D eigenvalue weighted by Gasteiger charge is 2.09. The lowest BCUT2D eigenvalue weighted by atomic mass is 9.99. The average Bonchev–Trinajstić information content (AvgIpc) is 2.60. The van der Waals surface area contributed by atoms with Crippen LogP contribution < -0.4 is 0 Å². The number of hydrogen-bond acceptors (Lipinski definition) is 3. The van der Waals surface area contributed by atoms with Crippen molar-refractivity contribution < 1.29 is 4.79 Å². The van der Waals surface area contributed by atoms with Crippen molar-refractivity contribution in [3.8, 4) is 0 Å². The summed E-state index contributed by atoms with van der Waals surface area (Å²) in [5.41, 5.74) is 5.34. The summed E-state index contributed by atoms with van der Waals surface area (Å²) in [5.74, 6) is 0.0234. The number of aliphatic imine (C=N–C) groups is 2. The maximum absolute atomic E-state index is 12.5. The van der Waals surface area contributed by atoms with E-state index >= 15 is 0 Å². The number of rotatable bonds is 4. The molecule has 2 rings (SSSR count). The van der Waals surface area contributed by atoms with Gasteiger partial charge in [-0.25, -0.2) is 0 Å². The molecule has 22 heavy (non-hydrogen) atoms. The van der Waals surface area contributed by atoms with Crippen molar-refractivity contribution in [2.24, 2.45) is 9.98 Å². The van der Waals surface area contributed by atoms with E-state index in [9.17, 15) is 4.79 Å². The van der Waals surface area contributed by atoms with Gasteiger partial charge in [-0.3, -0.25) is 14.8 Å². The molecule has 0 N–H and O–H groups in total. The first kappa shape index (κ1) is 15.8. The van der Waals surface area contributed by atoms with Gasteiger partial charge in [0.1, 0.15) is 0 Å². The lowest BCUT2D eigenvalue weighted by Crippen LogP contribution is -2.03. The minimum absolute atomic E-state index is 0.0234. The summed E-state index contributed by atoms with van der Waals surface area (Å²) < 4.78 is 0. The van der Waals surface area contributed by atoms with Crippen molar-refractivity contribution in [2.45, 2.75) is 13.8 Å². The Morgan fingerprint density at radius 3 is 1.18 bits per heavy atom. The second kappa shape index (κ2) is 6.94. The molecule has 0 aromatic heterocycles. The molecule has 0 saturated carbocycles. The van der Waals surface area contributed by atoms with Gasteiger partial charge in [0, 0.05) is 36.6 Å². The molecular formula is C19H20N2O. The molecule has 2 aromatic carbocycles. The highest BCUT2D eigenvalue weighted by atomic mass is 16.1. The zero-order valence-electron chi connectivity index (χ0n) is 13.4. The van der Waals surface area contributed by atoms with E-state index in [2.05, 4.69) is 9.98 Å². The van der Waals surface area contributed by atoms with E-state index in [1.807, 2.05) is 62.4 Å². The summed E-state index contributed by atoms with van der Waals surface area (Å²) in [6.45, 7) is 3.90. The van der Waals surface area contributed by atoms with Crippen LogP contribution in [-0.4, -0.2) is 31.3 Å². The highest BCUT2D eigenvalue weighted by Crippen LogP contribution is 2.13. The number of carbonyl (C=O) groups excluding carboxylic acids is 1. The molecule has 0 radical (unpaired) electrons. The molecule has 3 nitrogen and oxygen atoms in total. The normalized spacial score (nSPS) is 12.4. The molecule has 0 aliphatic rings. The quantitative estimate of drug-likeness (QED) is 0.624. The third-order valence-corrected chi connectivity index (χ3v) is 3.80. The monoisotopic (exact) mass is 292 g/mol. The first-order valence-electron chi connectivity index (χ1n) is 7.19. The van der Waals surface area contributed by atoms with Crippen molar-refractivity contribution in [3.63, 3.8) is 0 Å². The van der Waals surface area contributed by atoms with Crippen LogP contribution in [0.5, 0.6) is 0 Å². The molecule has 0 atom stereocenters. The first-order chi connectivity index (χ1) is 10.6. The van der Waals surface area contributed by atoms with Gasteiger partial charge < -0.3 is 0 Å². The first-order valence-corrected chi connectivity index (χ1v) is 7.19. The molecular weight excluding hydrogens is 272 g/mol. The SMILES string of the molecule is CN=C(C)c1ccc(C(=O)c2ccc(C(C)=NC)cc2)cc1. The number of ketones is 1. The Hall–Kier alpha value is -2.55. The molecule has 0 bridgehead atoms. The Bertz CT molecular complexity index is 660. The second-order valence-electron chi connectivity index (χ2n) is 5.10. The van der Waals surface area contributed by atoms with Crippen molar-refractivity contribution in [1.82, 2.24) is 0 Å². The number of hydrogen-bond donors (Lipinski definition) is 0. The number of carbonyl (C=O) groups is 1. The van der Waals surface area contributed by atoms with Crippen LogP contribution in [0.3, 0.4) is 0 Å². The van der Waals surface area contributed by atoms with Gasteiger partial charge in [0.15, 0.2) is 5.78 Å². The minimum Gasteiger partial charge on any atom is -0.293 e. The van der Waals surface area contributed by atoms with E-state index in [0.29, 0.717) is 11.1 Å². The second-order valence-corrected chi connectivity index (χ2v) is 5.10. The Labute approximate surface area is 131 Å². The highest BCUT2D eigenvalue weighted by molar-refractivity contribution is 6.10. The minimum atomic E-state index is 0.0234. The van der Waals surface area contributed by atoms with Gasteiger partial charge in [-0.1, -0.05) is 48.5 Å². The van der Waals surface area contributed by atoms with Crippen molar-refractivity contribution in [1.29, 1.82) is 0 Å². The van der Waals surface area contributed by atoms with Gasteiger partial charge in [-0.05, 0) is 25.0 Å². The van der Waals surface area contributed by atoms with E-state index in [1.54, 1.807) is 14.1 Å². The number of nitrogens with zero attached hydrogens (tertiary/aromatic N) is 2. The van der Waals surface area contributed by atoms with Gasteiger partial charge in [-0.15, -0.1) is 0 Å². The molecule has 0 fully saturated rings. The Balaban J connectivity index is 2.24. The Morgan fingerprint density at radius 1 is 0.636 bits per heavy atom. The summed E-state index contributed by atoms with van der Waals surface area (Å²) >= 11 is 0. The van der Waals surface area contributed by atoms with Gasteiger partial charge in [0.05, 0.1) is 0 Å². The largest absolute Gasteiger partial charge is 0.293 e. The maximum Gasteiger partial charge on any atom is 0.193 e. The van der Waals surface area contributed by atoms with Gasteiger partial charge >= 0.3 is 0 Å². The van der Waals surface area contributed by atoms with E-state index in [0.717, 1.165) is 22.6 Å². The van der Waals surface area contributed by atoms with Crippen LogP contribution in [0.1, 0.15) is 40.9 Å². The van der Waals surface area contributed by atoms with Crippen LogP contribution in [-0.2, 0) is 0 Å². The molecule has 0 aliphatic carbocycles. The zero-order valence-corrected chi connectivity index (χ0v) is 13.4. The van der Waals surface area contributed by atoms with E-state index < -0.39 is 0 Å². The molecule has 0 unspecified atom stereocenters. The topological polar surface area (TPSA) is 41.8 Å². The van der Waals surface area contributed by atoms with Crippen LogP contribution in [0.2, 0.25) is 0 Å². The molecule has 0 spiro atoms. The fraction of sp³-hybridized carbons (Fsp3) is 0.211. The standard InChI is InChI=1S/C19H20N2O/c1-13(20-3)15-5-9-17(10-6-15)19(22)18-11-7-16(8-12-18)14(2)21-4/h5-12H,1-4H3. The van der Waals surface area contributed by atoms with Crippen LogP contribution >= 0.6 is 0 Å². The summed E-state index contributed by atoms with van der Waals surface area (Å²) in [7, 11) is 3.52. The summed E-state index contributed by atoms with van der Waals surface area (Å²) in [4.78, 5) is 20.8. The van der Waals surface area contributed by atoms with Crippen LogP contribution in [0.4, 0.5) is 0 Å².